The molecule has 0 spiro atoms. The number of allylic oxidation sites excluding steroid dienone is 1. The summed E-state index contributed by atoms with van der Waals surface area (Å²) in [5.74, 6) is 0.379. The van der Waals surface area contributed by atoms with Crippen LogP contribution < -0.4 is 5.32 Å². The van der Waals surface area contributed by atoms with Crippen molar-refractivity contribution in [2.75, 3.05) is 0 Å². The maximum atomic E-state index is 13.2. The van der Waals surface area contributed by atoms with Crippen molar-refractivity contribution in [3.05, 3.63) is 42.7 Å². The molecule has 1 heterocycles. The Morgan fingerprint density at radius 2 is 1.96 bits per heavy atom. The van der Waals surface area contributed by atoms with E-state index in [0.29, 0.717) is 17.5 Å². The van der Waals surface area contributed by atoms with Gasteiger partial charge >= 0.3 is 0 Å². The van der Waals surface area contributed by atoms with E-state index in [1.165, 1.54) is 49.6 Å². The number of thioether (sulfide) groups is 1. The summed E-state index contributed by atoms with van der Waals surface area (Å²) in [6, 6.07) is 6.43. The van der Waals surface area contributed by atoms with Gasteiger partial charge in [0.1, 0.15) is 5.82 Å². The number of nitrogens with one attached hydrogen (secondary N) is 1. The predicted octanol–water partition coefficient (Wildman–Crippen LogP) is 4.59. The minimum atomic E-state index is -0.294. The highest BCUT2D eigenvalue weighted by atomic mass is 32.2. The van der Waals surface area contributed by atoms with Crippen LogP contribution in [0.1, 0.15) is 45.4 Å². The van der Waals surface area contributed by atoms with Crippen LogP contribution in [-0.4, -0.2) is 32.0 Å². The van der Waals surface area contributed by atoms with Gasteiger partial charge in [-0.15, -0.1) is 16.8 Å². The molecule has 1 aliphatic carbocycles. The van der Waals surface area contributed by atoms with Gasteiger partial charge in [0.2, 0.25) is 5.91 Å². The number of halogens is 1. The number of hydrogen-bond acceptors (Lipinski definition) is 4. The molecule has 5 nitrogen and oxygen atoms in total. The van der Waals surface area contributed by atoms with E-state index >= 15 is 0 Å². The van der Waals surface area contributed by atoms with E-state index in [9.17, 15) is 9.18 Å². The van der Waals surface area contributed by atoms with Crippen LogP contribution in [0.15, 0.2) is 42.1 Å². The third-order valence-corrected chi connectivity index (χ3v) is 6.06. The van der Waals surface area contributed by atoms with Crippen LogP contribution in [0, 0.1) is 5.82 Å². The number of carbonyl (C=O) groups is 1. The van der Waals surface area contributed by atoms with Crippen LogP contribution >= 0.6 is 11.8 Å². The Morgan fingerprint density at radius 1 is 1.29 bits per heavy atom. The van der Waals surface area contributed by atoms with Crippen LogP contribution in [0.4, 0.5) is 4.39 Å². The van der Waals surface area contributed by atoms with Gasteiger partial charge in [-0.2, -0.15) is 0 Å². The molecule has 1 fully saturated rings. The minimum absolute atomic E-state index is 0.0355. The molecule has 7 heteroatoms. The number of amides is 1. The van der Waals surface area contributed by atoms with Crippen LogP contribution in [0.3, 0.4) is 0 Å². The lowest BCUT2D eigenvalue weighted by atomic mass is 10.1. The molecular weight excluding hydrogens is 375 g/mol. The van der Waals surface area contributed by atoms with Crippen LogP contribution in [-0.2, 0) is 11.3 Å². The second kappa shape index (κ2) is 9.87. The Bertz CT molecular complexity index is 797. The Hall–Kier alpha value is -2.15. The first kappa shape index (κ1) is 20.6. The van der Waals surface area contributed by atoms with Gasteiger partial charge in [-0.25, -0.2) is 4.39 Å². The van der Waals surface area contributed by atoms with E-state index in [1.807, 2.05) is 11.5 Å². The standard InChI is InChI=1S/C21H27FN4OS/c1-3-14-26-19(16-10-12-17(22)13-11-16)24-25-21(26)28-15(2)20(27)23-18-8-6-4-5-7-9-18/h3,10-13,15,18H,1,4-9,14H2,2H3,(H,23,27)/t15-/m1/s1. The first-order valence-corrected chi connectivity index (χ1v) is 10.7. The normalized spacial score (nSPS) is 16.4. The molecule has 2 aromatic rings. The molecule has 0 saturated heterocycles. The fourth-order valence-electron chi connectivity index (χ4n) is 3.44. The molecule has 150 valence electrons. The fraction of sp³-hybridized carbons (Fsp3) is 0.476. The molecule has 1 N–H and O–H groups in total. The van der Waals surface area contributed by atoms with Crippen molar-refractivity contribution in [1.29, 1.82) is 0 Å². The summed E-state index contributed by atoms with van der Waals surface area (Å²) < 4.78 is 15.1. The van der Waals surface area contributed by atoms with E-state index in [1.54, 1.807) is 18.2 Å². The molecule has 3 rings (SSSR count). The third kappa shape index (κ3) is 5.22. The van der Waals surface area contributed by atoms with E-state index < -0.39 is 0 Å². The summed E-state index contributed by atoms with van der Waals surface area (Å²) in [4.78, 5) is 12.7. The topological polar surface area (TPSA) is 59.8 Å². The Labute approximate surface area is 169 Å². The highest BCUT2D eigenvalue weighted by Gasteiger charge is 2.23. The van der Waals surface area contributed by atoms with Crippen LogP contribution in [0.2, 0.25) is 0 Å². The SMILES string of the molecule is C=CCn1c(S[C@H](C)C(=O)NC2CCCCCC2)nnc1-c1ccc(F)cc1. The molecule has 1 atom stereocenters. The average Bonchev–Trinajstić information content (AvgIpc) is 2.90. The minimum Gasteiger partial charge on any atom is -0.352 e. The number of nitrogens with zero attached hydrogens (tertiary/aromatic N) is 3. The fourth-order valence-corrected chi connectivity index (χ4v) is 4.30. The average molecular weight is 403 g/mol. The second-order valence-corrected chi connectivity index (χ2v) is 8.48. The van der Waals surface area contributed by atoms with Crippen molar-refractivity contribution < 1.29 is 9.18 Å². The highest BCUT2D eigenvalue weighted by molar-refractivity contribution is 8.00. The van der Waals surface area contributed by atoms with Gasteiger partial charge < -0.3 is 5.32 Å². The highest BCUT2D eigenvalue weighted by Crippen LogP contribution is 2.27. The summed E-state index contributed by atoms with van der Waals surface area (Å²) >= 11 is 1.39. The van der Waals surface area contributed by atoms with Gasteiger partial charge in [-0.05, 0) is 44.0 Å². The lowest BCUT2D eigenvalue weighted by molar-refractivity contribution is -0.121. The quantitative estimate of drug-likeness (QED) is 0.418. The Kier molecular flexibility index (Phi) is 7.25. The maximum Gasteiger partial charge on any atom is 0.233 e. The molecule has 1 aliphatic rings. The zero-order valence-corrected chi connectivity index (χ0v) is 17.1. The molecule has 0 unspecified atom stereocenters. The van der Waals surface area contributed by atoms with Crippen molar-refractivity contribution in [3.63, 3.8) is 0 Å². The van der Waals surface area contributed by atoms with Gasteiger partial charge in [0, 0.05) is 18.2 Å². The van der Waals surface area contributed by atoms with Crippen molar-refractivity contribution in [3.8, 4) is 11.4 Å². The largest absolute Gasteiger partial charge is 0.352 e. The van der Waals surface area contributed by atoms with Gasteiger partial charge in [0.25, 0.3) is 0 Å². The molecule has 0 bridgehead atoms. The first-order valence-electron chi connectivity index (χ1n) is 9.85. The van der Waals surface area contributed by atoms with Crippen molar-refractivity contribution >= 4 is 17.7 Å². The van der Waals surface area contributed by atoms with Crippen molar-refractivity contribution in [2.24, 2.45) is 0 Å². The van der Waals surface area contributed by atoms with E-state index in [2.05, 4.69) is 22.1 Å². The molecule has 1 aromatic heterocycles. The molecule has 1 amide bonds. The van der Waals surface area contributed by atoms with Gasteiger partial charge in [0.05, 0.1) is 5.25 Å². The van der Waals surface area contributed by atoms with Crippen molar-refractivity contribution in [2.45, 2.75) is 68.4 Å². The third-order valence-electron chi connectivity index (χ3n) is 4.98. The summed E-state index contributed by atoms with van der Waals surface area (Å²) in [5.41, 5.74) is 0.776. The summed E-state index contributed by atoms with van der Waals surface area (Å²) in [7, 11) is 0. The summed E-state index contributed by atoms with van der Waals surface area (Å²) in [5, 5.41) is 12.1. The van der Waals surface area contributed by atoms with Crippen molar-refractivity contribution in [1.82, 2.24) is 20.1 Å². The first-order chi connectivity index (χ1) is 13.6. The molecule has 1 saturated carbocycles. The van der Waals surface area contributed by atoms with Gasteiger partial charge in [0.15, 0.2) is 11.0 Å². The number of hydrogen-bond donors (Lipinski definition) is 1. The van der Waals surface area contributed by atoms with Crippen LogP contribution in [0.25, 0.3) is 11.4 Å². The smallest absolute Gasteiger partial charge is 0.233 e. The molecular formula is C21H27FN4OS. The van der Waals surface area contributed by atoms with Gasteiger partial charge in [-0.1, -0.05) is 43.5 Å². The number of aromatic nitrogens is 3. The zero-order valence-electron chi connectivity index (χ0n) is 16.2. The molecule has 28 heavy (non-hydrogen) atoms. The van der Waals surface area contributed by atoms with E-state index in [0.717, 1.165) is 18.4 Å². The summed E-state index contributed by atoms with van der Waals surface area (Å²) in [6.07, 6.45) is 8.76. The lowest BCUT2D eigenvalue weighted by Crippen LogP contribution is -2.39. The monoisotopic (exact) mass is 402 g/mol. The second-order valence-electron chi connectivity index (χ2n) is 7.17. The summed E-state index contributed by atoms with van der Waals surface area (Å²) in [6.45, 7) is 6.20. The van der Waals surface area contributed by atoms with Gasteiger partial charge in [-0.3, -0.25) is 9.36 Å². The number of benzene rings is 1. The lowest BCUT2D eigenvalue weighted by Gasteiger charge is -2.19. The molecule has 0 aliphatic heterocycles. The predicted molar refractivity (Wildman–Crippen MR) is 111 cm³/mol. The number of carbonyl (C=O) groups excluding carboxylic acids is 1. The maximum absolute atomic E-state index is 13.2. The van der Waals surface area contributed by atoms with Crippen LogP contribution in [0.5, 0.6) is 0 Å². The Balaban J connectivity index is 1.71. The van der Waals surface area contributed by atoms with E-state index in [-0.39, 0.29) is 23.0 Å². The Morgan fingerprint density at radius 3 is 2.61 bits per heavy atom. The zero-order chi connectivity index (χ0) is 19.9. The van der Waals surface area contributed by atoms with E-state index in [4.69, 9.17) is 0 Å². The molecule has 1 aromatic carbocycles. The molecule has 0 radical (unpaired) electrons. The number of rotatable bonds is 7.